The highest BCUT2D eigenvalue weighted by Crippen LogP contribution is 2.30. The monoisotopic (exact) mass is 396 g/mol. The zero-order valence-corrected chi connectivity index (χ0v) is 15.6. The highest BCUT2D eigenvalue weighted by atomic mass is 79.9. The molecule has 0 spiro atoms. The van der Waals surface area contributed by atoms with Crippen LogP contribution in [0.15, 0.2) is 40.9 Å². The van der Waals surface area contributed by atoms with Gasteiger partial charge < -0.3 is 0 Å². The van der Waals surface area contributed by atoms with Gasteiger partial charge in [0.2, 0.25) is 0 Å². The van der Waals surface area contributed by atoms with Crippen molar-refractivity contribution in [2.75, 3.05) is 6.26 Å². The topological polar surface area (TPSA) is 43.4 Å². The average molecular weight is 397 g/mol. The maximum absolute atomic E-state index is 11.2. The zero-order valence-electron chi connectivity index (χ0n) is 13.2. The molecule has 2 aromatic rings. The molecular weight excluding hydrogens is 376 g/mol. The average Bonchev–Trinajstić information content (AvgIpc) is 2.48. The van der Waals surface area contributed by atoms with Crippen LogP contribution >= 0.6 is 15.9 Å². The van der Waals surface area contributed by atoms with Crippen LogP contribution in [0.4, 0.5) is 0 Å². The highest BCUT2D eigenvalue weighted by Gasteiger charge is 2.24. The minimum atomic E-state index is -3.33. The molecule has 0 saturated heterocycles. The van der Waals surface area contributed by atoms with Gasteiger partial charge in [0.25, 0.3) is 10.1 Å². The van der Waals surface area contributed by atoms with Gasteiger partial charge >= 0.3 is 0 Å². The van der Waals surface area contributed by atoms with Crippen LogP contribution in [0.25, 0.3) is 10.8 Å². The molecular formula is C18H21BrO3S. The molecule has 124 valence electrons. The Morgan fingerprint density at radius 1 is 1.04 bits per heavy atom. The Balaban J connectivity index is 1.61. The van der Waals surface area contributed by atoms with Gasteiger partial charge in [-0.1, -0.05) is 40.2 Å². The fourth-order valence-corrected chi connectivity index (χ4v) is 4.47. The van der Waals surface area contributed by atoms with Gasteiger partial charge in [-0.3, -0.25) is 4.18 Å². The minimum absolute atomic E-state index is 0.129. The number of benzene rings is 2. The van der Waals surface area contributed by atoms with Gasteiger partial charge in [-0.15, -0.1) is 0 Å². The standard InChI is InChI=1S/C18H21BrO3S/c1-23(20,21)22-18-8-3-13(4-9-18)10-14-2-5-16-12-17(19)7-6-15(16)11-14/h2,5-7,11-13,18H,3-4,8-10H2,1H3. The molecule has 0 amide bonds. The van der Waals surface area contributed by atoms with Crippen LogP contribution in [0.3, 0.4) is 0 Å². The molecule has 2 aromatic carbocycles. The lowest BCUT2D eigenvalue weighted by molar-refractivity contribution is 0.138. The lowest BCUT2D eigenvalue weighted by atomic mass is 9.83. The van der Waals surface area contributed by atoms with Gasteiger partial charge in [0.15, 0.2) is 0 Å². The molecule has 0 bridgehead atoms. The fraction of sp³-hybridized carbons (Fsp3) is 0.444. The summed E-state index contributed by atoms with van der Waals surface area (Å²) in [5.41, 5.74) is 1.35. The summed E-state index contributed by atoms with van der Waals surface area (Å²) in [5.74, 6) is 0.613. The molecule has 23 heavy (non-hydrogen) atoms. The number of halogens is 1. The van der Waals surface area contributed by atoms with Crippen molar-refractivity contribution in [1.82, 2.24) is 0 Å². The van der Waals surface area contributed by atoms with Crippen molar-refractivity contribution in [3.63, 3.8) is 0 Å². The van der Waals surface area contributed by atoms with Gasteiger partial charge in [-0.25, -0.2) is 0 Å². The van der Waals surface area contributed by atoms with Crippen LogP contribution in [0.1, 0.15) is 31.2 Å². The predicted molar refractivity (Wildman–Crippen MR) is 97.0 cm³/mol. The lowest BCUT2D eigenvalue weighted by Crippen LogP contribution is -2.24. The first kappa shape index (κ1) is 16.9. The normalized spacial score (nSPS) is 22.3. The van der Waals surface area contributed by atoms with Crippen molar-refractivity contribution in [3.8, 4) is 0 Å². The van der Waals surface area contributed by atoms with Crippen molar-refractivity contribution in [2.24, 2.45) is 5.92 Å². The SMILES string of the molecule is CS(=O)(=O)OC1CCC(Cc2ccc3cc(Br)ccc3c2)CC1. The zero-order chi connectivity index (χ0) is 16.4. The Kier molecular flexibility index (Phi) is 5.09. The minimum Gasteiger partial charge on any atom is -0.267 e. The van der Waals surface area contributed by atoms with Crippen LogP contribution in [0.5, 0.6) is 0 Å². The van der Waals surface area contributed by atoms with Crippen LogP contribution in [0, 0.1) is 5.92 Å². The van der Waals surface area contributed by atoms with E-state index in [1.165, 1.54) is 16.3 Å². The molecule has 3 rings (SSSR count). The molecule has 0 atom stereocenters. The Bertz CT molecular complexity index is 793. The summed E-state index contributed by atoms with van der Waals surface area (Å²) in [6, 6.07) is 13.0. The molecule has 0 N–H and O–H groups in total. The molecule has 1 aliphatic rings. The van der Waals surface area contributed by atoms with Crippen molar-refractivity contribution < 1.29 is 12.6 Å². The van der Waals surface area contributed by atoms with Gasteiger partial charge in [0.05, 0.1) is 12.4 Å². The van der Waals surface area contributed by atoms with E-state index in [4.69, 9.17) is 4.18 Å². The number of fused-ring (bicyclic) bond motifs is 1. The first-order valence-corrected chi connectivity index (χ1v) is 10.6. The number of rotatable bonds is 4. The van der Waals surface area contributed by atoms with Crippen molar-refractivity contribution >= 4 is 36.8 Å². The summed E-state index contributed by atoms with van der Waals surface area (Å²) in [6.45, 7) is 0. The van der Waals surface area contributed by atoms with Crippen molar-refractivity contribution in [1.29, 1.82) is 0 Å². The summed E-state index contributed by atoms with van der Waals surface area (Å²) in [6.07, 6.45) is 5.77. The molecule has 0 aromatic heterocycles. The fourth-order valence-electron chi connectivity index (χ4n) is 3.41. The van der Waals surface area contributed by atoms with E-state index in [1.807, 2.05) is 0 Å². The van der Waals surface area contributed by atoms with E-state index in [9.17, 15) is 8.42 Å². The van der Waals surface area contributed by atoms with E-state index in [0.29, 0.717) is 5.92 Å². The number of hydrogen-bond acceptors (Lipinski definition) is 3. The Morgan fingerprint density at radius 2 is 1.70 bits per heavy atom. The van der Waals surface area contributed by atoms with Crippen molar-refractivity contribution in [3.05, 3.63) is 46.4 Å². The summed E-state index contributed by atoms with van der Waals surface area (Å²) in [4.78, 5) is 0. The summed E-state index contributed by atoms with van der Waals surface area (Å²) < 4.78 is 28.6. The lowest BCUT2D eigenvalue weighted by Gasteiger charge is -2.27. The second kappa shape index (κ2) is 6.91. The Hall–Kier alpha value is -0.910. The molecule has 1 saturated carbocycles. The molecule has 0 heterocycles. The van der Waals surface area contributed by atoms with E-state index in [1.54, 1.807) is 0 Å². The quantitative estimate of drug-likeness (QED) is 0.704. The van der Waals surface area contributed by atoms with E-state index in [0.717, 1.165) is 42.8 Å². The molecule has 0 radical (unpaired) electrons. The Labute approximate surface area is 146 Å². The highest BCUT2D eigenvalue weighted by molar-refractivity contribution is 9.10. The van der Waals surface area contributed by atoms with E-state index >= 15 is 0 Å². The third-order valence-corrected chi connectivity index (χ3v) is 5.61. The molecule has 3 nitrogen and oxygen atoms in total. The van der Waals surface area contributed by atoms with E-state index in [-0.39, 0.29) is 6.10 Å². The van der Waals surface area contributed by atoms with E-state index < -0.39 is 10.1 Å². The Morgan fingerprint density at radius 3 is 2.39 bits per heavy atom. The third kappa shape index (κ3) is 4.78. The maximum atomic E-state index is 11.2. The molecule has 0 unspecified atom stereocenters. The largest absolute Gasteiger partial charge is 0.267 e. The van der Waals surface area contributed by atoms with E-state index in [2.05, 4.69) is 52.3 Å². The van der Waals surface area contributed by atoms with Gasteiger partial charge in [0.1, 0.15) is 0 Å². The third-order valence-electron chi connectivity index (χ3n) is 4.50. The second-order valence-corrected chi connectivity index (χ2v) is 8.99. The van der Waals surface area contributed by atoms with Gasteiger partial charge in [0, 0.05) is 4.47 Å². The summed E-state index contributed by atoms with van der Waals surface area (Å²) in [7, 11) is -3.33. The van der Waals surface area contributed by atoms with Gasteiger partial charge in [-0.2, -0.15) is 8.42 Å². The maximum Gasteiger partial charge on any atom is 0.264 e. The van der Waals surface area contributed by atoms with Gasteiger partial charge in [-0.05, 0) is 66.5 Å². The summed E-state index contributed by atoms with van der Waals surface area (Å²) in [5, 5.41) is 2.51. The molecule has 1 fully saturated rings. The van der Waals surface area contributed by atoms with Crippen LogP contribution < -0.4 is 0 Å². The second-order valence-electron chi connectivity index (χ2n) is 6.47. The first-order valence-electron chi connectivity index (χ1n) is 7.95. The number of hydrogen-bond donors (Lipinski definition) is 0. The van der Waals surface area contributed by atoms with Crippen LogP contribution in [0.2, 0.25) is 0 Å². The van der Waals surface area contributed by atoms with Crippen LogP contribution in [-0.4, -0.2) is 20.8 Å². The molecule has 0 aliphatic heterocycles. The predicted octanol–water partition coefficient (Wildman–Crippen LogP) is 4.68. The smallest absolute Gasteiger partial charge is 0.264 e. The summed E-state index contributed by atoms with van der Waals surface area (Å²) >= 11 is 3.50. The van der Waals surface area contributed by atoms with Crippen molar-refractivity contribution in [2.45, 2.75) is 38.2 Å². The molecule has 1 aliphatic carbocycles. The van der Waals surface area contributed by atoms with Crippen LogP contribution in [-0.2, 0) is 20.7 Å². The molecule has 5 heteroatoms. The first-order chi connectivity index (χ1) is 10.9.